The molecule has 0 spiro atoms. The molecule has 4 rings (SSSR count). The molecule has 7 heteroatoms. The Bertz CT molecular complexity index is 786. The highest BCUT2D eigenvalue weighted by atomic mass is 16.7. The molecule has 1 amide bonds. The van der Waals surface area contributed by atoms with Crippen LogP contribution >= 0.6 is 0 Å². The fourth-order valence-corrected chi connectivity index (χ4v) is 3.47. The van der Waals surface area contributed by atoms with Crippen LogP contribution in [-0.4, -0.2) is 59.5 Å². The summed E-state index contributed by atoms with van der Waals surface area (Å²) in [6.45, 7) is 2.38. The molecule has 0 bridgehead atoms. The van der Waals surface area contributed by atoms with Crippen LogP contribution in [0, 0.1) is 0 Å². The van der Waals surface area contributed by atoms with Crippen molar-refractivity contribution in [1.82, 2.24) is 19.6 Å². The van der Waals surface area contributed by atoms with E-state index in [2.05, 4.69) is 10.00 Å². The van der Waals surface area contributed by atoms with Crippen molar-refractivity contribution < 1.29 is 14.3 Å². The second-order valence-corrected chi connectivity index (χ2v) is 6.82. The van der Waals surface area contributed by atoms with Crippen molar-refractivity contribution in [1.29, 1.82) is 0 Å². The van der Waals surface area contributed by atoms with E-state index in [0.29, 0.717) is 25.3 Å². The van der Waals surface area contributed by atoms with Crippen LogP contribution in [0.15, 0.2) is 30.5 Å². The lowest BCUT2D eigenvalue weighted by Gasteiger charge is -2.35. The van der Waals surface area contributed by atoms with E-state index in [9.17, 15) is 4.79 Å². The number of fused-ring (bicyclic) bond motifs is 2. The van der Waals surface area contributed by atoms with Gasteiger partial charge in [-0.15, -0.1) is 0 Å². The Morgan fingerprint density at radius 3 is 2.96 bits per heavy atom. The smallest absolute Gasteiger partial charge is 0.231 e. The Morgan fingerprint density at radius 2 is 2.12 bits per heavy atom. The van der Waals surface area contributed by atoms with E-state index in [-0.39, 0.29) is 18.7 Å². The second-order valence-electron chi connectivity index (χ2n) is 6.82. The first kappa shape index (κ1) is 16.0. The normalized spacial score (nSPS) is 18.5. The average molecular weight is 342 g/mol. The number of ether oxygens (including phenoxy) is 2. The summed E-state index contributed by atoms with van der Waals surface area (Å²) < 4.78 is 12.8. The van der Waals surface area contributed by atoms with Gasteiger partial charge in [0.05, 0.1) is 24.7 Å². The van der Waals surface area contributed by atoms with Gasteiger partial charge in [0.25, 0.3) is 0 Å². The van der Waals surface area contributed by atoms with Crippen LogP contribution in [0.4, 0.5) is 0 Å². The molecule has 0 aliphatic carbocycles. The molecule has 1 unspecified atom stereocenters. The van der Waals surface area contributed by atoms with Crippen molar-refractivity contribution >= 4 is 5.91 Å². The summed E-state index contributed by atoms with van der Waals surface area (Å²) in [6, 6.07) is 7.85. The SMILES string of the molecule is CN(C)CC1CN(C(=O)Cc2ccc3c(c2)OCO3)Cc2ccnn21. The molecule has 0 saturated heterocycles. The zero-order valence-electron chi connectivity index (χ0n) is 14.5. The molecular formula is C18H22N4O3. The zero-order chi connectivity index (χ0) is 17.4. The predicted molar refractivity (Wildman–Crippen MR) is 91.5 cm³/mol. The van der Waals surface area contributed by atoms with Gasteiger partial charge < -0.3 is 19.3 Å². The van der Waals surface area contributed by atoms with Crippen molar-refractivity contribution in [2.45, 2.75) is 19.0 Å². The molecule has 0 radical (unpaired) electrons. The number of rotatable bonds is 4. The lowest BCUT2D eigenvalue weighted by Crippen LogP contribution is -2.44. The number of carbonyl (C=O) groups excluding carboxylic acids is 1. The Morgan fingerprint density at radius 1 is 1.28 bits per heavy atom. The number of hydrogen-bond acceptors (Lipinski definition) is 5. The van der Waals surface area contributed by atoms with Crippen molar-refractivity contribution in [2.24, 2.45) is 0 Å². The first-order valence-electron chi connectivity index (χ1n) is 8.43. The maximum absolute atomic E-state index is 12.8. The summed E-state index contributed by atoms with van der Waals surface area (Å²) in [6.07, 6.45) is 2.17. The largest absolute Gasteiger partial charge is 0.454 e. The van der Waals surface area contributed by atoms with Crippen LogP contribution in [0.25, 0.3) is 0 Å². The molecule has 1 atom stereocenters. The maximum atomic E-state index is 12.8. The minimum absolute atomic E-state index is 0.120. The summed E-state index contributed by atoms with van der Waals surface area (Å²) in [4.78, 5) is 16.9. The van der Waals surface area contributed by atoms with E-state index >= 15 is 0 Å². The fraction of sp³-hybridized carbons (Fsp3) is 0.444. The molecule has 0 fully saturated rings. The third kappa shape index (κ3) is 3.19. The number of benzene rings is 1. The molecule has 0 saturated carbocycles. The van der Waals surface area contributed by atoms with Crippen LogP contribution in [0.2, 0.25) is 0 Å². The lowest BCUT2D eigenvalue weighted by atomic mass is 10.1. The fourth-order valence-electron chi connectivity index (χ4n) is 3.47. The summed E-state index contributed by atoms with van der Waals surface area (Å²) in [5.74, 6) is 1.58. The highest BCUT2D eigenvalue weighted by molar-refractivity contribution is 5.79. The molecule has 2 aromatic rings. The Kier molecular flexibility index (Phi) is 4.09. The van der Waals surface area contributed by atoms with Crippen molar-refractivity contribution in [3.05, 3.63) is 41.7 Å². The summed E-state index contributed by atoms with van der Waals surface area (Å²) >= 11 is 0. The third-order valence-electron chi connectivity index (χ3n) is 4.60. The summed E-state index contributed by atoms with van der Waals surface area (Å²) in [7, 11) is 4.08. The van der Waals surface area contributed by atoms with Crippen LogP contribution in [0.1, 0.15) is 17.3 Å². The van der Waals surface area contributed by atoms with Gasteiger partial charge in [-0.1, -0.05) is 6.07 Å². The monoisotopic (exact) mass is 342 g/mol. The Balaban J connectivity index is 1.49. The molecule has 1 aromatic carbocycles. The number of likely N-dealkylation sites (N-methyl/N-ethyl adjacent to an activating group) is 1. The number of amides is 1. The van der Waals surface area contributed by atoms with E-state index < -0.39 is 0 Å². The topological polar surface area (TPSA) is 59.8 Å². The maximum Gasteiger partial charge on any atom is 0.231 e. The number of nitrogens with zero attached hydrogens (tertiary/aromatic N) is 4. The van der Waals surface area contributed by atoms with E-state index in [4.69, 9.17) is 9.47 Å². The highest BCUT2D eigenvalue weighted by Gasteiger charge is 2.29. The standard InChI is InChI=1S/C18H22N4O3/c1-20(2)9-15-11-21(10-14-5-6-19-22(14)15)18(23)8-13-3-4-16-17(7-13)25-12-24-16/h3-7,15H,8-12H2,1-2H3. The van der Waals surface area contributed by atoms with Crippen molar-refractivity contribution in [2.75, 3.05) is 34.0 Å². The number of aromatic nitrogens is 2. The van der Waals surface area contributed by atoms with Crippen molar-refractivity contribution in [3.63, 3.8) is 0 Å². The van der Waals surface area contributed by atoms with Gasteiger partial charge in [0.15, 0.2) is 11.5 Å². The molecule has 2 aliphatic rings. The van der Waals surface area contributed by atoms with Crippen LogP contribution < -0.4 is 9.47 Å². The third-order valence-corrected chi connectivity index (χ3v) is 4.60. The minimum atomic E-state index is 0.120. The Hall–Kier alpha value is -2.54. The lowest BCUT2D eigenvalue weighted by molar-refractivity contribution is -0.132. The van der Waals surface area contributed by atoms with E-state index in [0.717, 1.165) is 23.6 Å². The second kappa shape index (κ2) is 6.40. The highest BCUT2D eigenvalue weighted by Crippen LogP contribution is 2.33. The summed E-state index contributed by atoms with van der Waals surface area (Å²) in [5.41, 5.74) is 2.02. The zero-order valence-corrected chi connectivity index (χ0v) is 14.5. The average Bonchev–Trinajstić information content (AvgIpc) is 3.22. The van der Waals surface area contributed by atoms with E-state index in [1.54, 1.807) is 0 Å². The van der Waals surface area contributed by atoms with Gasteiger partial charge in [-0.05, 0) is 37.9 Å². The molecule has 7 nitrogen and oxygen atoms in total. The molecule has 2 aliphatic heterocycles. The molecule has 25 heavy (non-hydrogen) atoms. The van der Waals surface area contributed by atoms with Gasteiger partial charge in [0.2, 0.25) is 12.7 Å². The van der Waals surface area contributed by atoms with Crippen LogP contribution in [0.3, 0.4) is 0 Å². The number of hydrogen-bond donors (Lipinski definition) is 0. The number of carbonyl (C=O) groups is 1. The minimum Gasteiger partial charge on any atom is -0.454 e. The van der Waals surface area contributed by atoms with Gasteiger partial charge in [-0.25, -0.2) is 0 Å². The van der Waals surface area contributed by atoms with Crippen molar-refractivity contribution in [3.8, 4) is 11.5 Å². The van der Waals surface area contributed by atoms with E-state index in [1.165, 1.54) is 0 Å². The van der Waals surface area contributed by atoms with E-state index in [1.807, 2.05) is 54.1 Å². The van der Waals surface area contributed by atoms with Crippen LogP contribution in [-0.2, 0) is 17.8 Å². The quantitative estimate of drug-likeness (QED) is 0.838. The predicted octanol–water partition coefficient (Wildman–Crippen LogP) is 1.30. The molecule has 0 N–H and O–H groups in total. The summed E-state index contributed by atoms with van der Waals surface area (Å²) in [5, 5.41) is 4.43. The van der Waals surface area contributed by atoms with Gasteiger partial charge in [0, 0.05) is 19.3 Å². The van der Waals surface area contributed by atoms with Crippen LogP contribution in [0.5, 0.6) is 11.5 Å². The van der Waals surface area contributed by atoms with Gasteiger partial charge in [0.1, 0.15) is 0 Å². The molecule has 132 valence electrons. The molecule has 1 aromatic heterocycles. The Labute approximate surface area is 146 Å². The van der Waals surface area contributed by atoms with Gasteiger partial charge in [-0.3, -0.25) is 9.48 Å². The molecular weight excluding hydrogens is 320 g/mol. The molecule has 3 heterocycles. The van der Waals surface area contributed by atoms with Gasteiger partial charge in [-0.2, -0.15) is 5.10 Å². The van der Waals surface area contributed by atoms with Gasteiger partial charge >= 0.3 is 0 Å². The first-order chi connectivity index (χ1) is 12.1. The first-order valence-corrected chi connectivity index (χ1v) is 8.43.